The molecule has 1 aliphatic rings. The van der Waals surface area contributed by atoms with Gasteiger partial charge in [-0.3, -0.25) is 9.69 Å². The lowest BCUT2D eigenvalue weighted by atomic mass is 10.1. The Kier molecular flexibility index (Phi) is 4.22. The molecule has 0 spiro atoms. The van der Waals surface area contributed by atoms with Crippen LogP contribution >= 0.6 is 24.0 Å². The van der Waals surface area contributed by atoms with Gasteiger partial charge in [0.05, 0.1) is 11.2 Å². The molecule has 3 nitrogen and oxygen atoms in total. The summed E-state index contributed by atoms with van der Waals surface area (Å²) >= 11 is 6.63. The van der Waals surface area contributed by atoms with Crippen LogP contribution in [0.1, 0.15) is 11.3 Å². The number of thiocarbonyl (C=S) groups is 1. The van der Waals surface area contributed by atoms with E-state index < -0.39 is 0 Å². The van der Waals surface area contributed by atoms with Gasteiger partial charge < -0.3 is 4.42 Å². The molecular weight excluding hydrogens is 302 g/mol. The highest BCUT2D eigenvalue weighted by Gasteiger charge is 2.31. The van der Waals surface area contributed by atoms with Crippen LogP contribution in [0.5, 0.6) is 0 Å². The van der Waals surface area contributed by atoms with E-state index >= 15 is 0 Å². The maximum Gasteiger partial charge on any atom is 0.266 e. The number of thioether (sulfide) groups is 1. The molecule has 0 aliphatic carbocycles. The SMILES string of the molecule is O=C1/C(=C/c2ccco2)SC(=S)N1CCc1ccccc1. The quantitative estimate of drug-likeness (QED) is 0.636. The van der Waals surface area contributed by atoms with Crippen molar-refractivity contribution in [3.63, 3.8) is 0 Å². The number of hydrogen-bond donors (Lipinski definition) is 0. The fourth-order valence-corrected chi connectivity index (χ4v) is 3.37. The van der Waals surface area contributed by atoms with Crippen molar-refractivity contribution in [1.82, 2.24) is 4.90 Å². The third-order valence-corrected chi connectivity index (χ3v) is 4.53. The highest BCUT2D eigenvalue weighted by Crippen LogP contribution is 2.32. The predicted molar refractivity (Wildman–Crippen MR) is 88.7 cm³/mol. The van der Waals surface area contributed by atoms with E-state index in [0.29, 0.717) is 21.5 Å². The molecule has 0 unspecified atom stereocenters. The molecular formula is C16H13NO2S2. The first-order valence-electron chi connectivity index (χ1n) is 6.57. The molecule has 5 heteroatoms. The van der Waals surface area contributed by atoms with Gasteiger partial charge in [-0.2, -0.15) is 0 Å². The van der Waals surface area contributed by atoms with E-state index in [1.54, 1.807) is 23.3 Å². The second-order valence-corrected chi connectivity index (χ2v) is 6.26. The van der Waals surface area contributed by atoms with Crippen molar-refractivity contribution in [2.45, 2.75) is 6.42 Å². The van der Waals surface area contributed by atoms with E-state index in [2.05, 4.69) is 12.1 Å². The molecule has 0 bridgehead atoms. The summed E-state index contributed by atoms with van der Waals surface area (Å²) in [6.07, 6.45) is 4.12. The molecule has 106 valence electrons. The largest absolute Gasteiger partial charge is 0.465 e. The van der Waals surface area contributed by atoms with Gasteiger partial charge in [0.2, 0.25) is 0 Å². The molecule has 1 amide bonds. The number of benzene rings is 1. The fourth-order valence-electron chi connectivity index (χ4n) is 2.08. The minimum absolute atomic E-state index is 0.0441. The second-order valence-electron chi connectivity index (χ2n) is 4.58. The molecule has 1 aromatic heterocycles. The van der Waals surface area contributed by atoms with Crippen molar-refractivity contribution in [3.05, 3.63) is 65.0 Å². The van der Waals surface area contributed by atoms with Crippen molar-refractivity contribution in [2.24, 2.45) is 0 Å². The predicted octanol–water partition coefficient (Wildman–Crippen LogP) is 3.72. The zero-order valence-corrected chi connectivity index (χ0v) is 12.8. The maximum atomic E-state index is 12.4. The molecule has 0 atom stereocenters. The standard InChI is InChI=1S/C16H13NO2S2/c18-15-14(11-13-7-4-10-19-13)21-16(20)17(15)9-8-12-5-2-1-3-6-12/h1-7,10-11H,8-9H2/b14-11-. The maximum absolute atomic E-state index is 12.4. The van der Waals surface area contributed by atoms with Gasteiger partial charge in [-0.15, -0.1) is 0 Å². The number of nitrogens with zero attached hydrogens (tertiary/aromatic N) is 1. The van der Waals surface area contributed by atoms with Crippen molar-refractivity contribution in [2.75, 3.05) is 6.54 Å². The number of rotatable bonds is 4. The van der Waals surface area contributed by atoms with Gasteiger partial charge in [0.1, 0.15) is 10.1 Å². The molecule has 0 N–H and O–H groups in total. The first-order valence-corrected chi connectivity index (χ1v) is 7.79. The Morgan fingerprint density at radius 3 is 2.71 bits per heavy atom. The summed E-state index contributed by atoms with van der Waals surface area (Å²) in [6, 6.07) is 13.7. The van der Waals surface area contributed by atoms with Gasteiger partial charge in [0.25, 0.3) is 5.91 Å². The van der Waals surface area contributed by atoms with E-state index in [1.807, 2.05) is 24.3 Å². The first-order chi connectivity index (χ1) is 10.2. The summed E-state index contributed by atoms with van der Waals surface area (Å²) in [5.41, 5.74) is 1.20. The van der Waals surface area contributed by atoms with Gasteiger partial charge >= 0.3 is 0 Å². The lowest BCUT2D eigenvalue weighted by Crippen LogP contribution is -2.30. The lowest BCUT2D eigenvalue weighted by molar-refractivity contribution is -0.122. The Labute approximate surface area is 132 Å². The Morgan fingerprint density at radius 1 is 1.19 bits per heavy atom. The van der Waals surface area contributed by atoms with Crippen LogP contribution in [-0.4, -0.2) is 21.7 Å². The summed E-state index contributed by atoms with van der Waals surface area (Å²) < 4.78 is 5.85. The molecule has 1 aromatic carbocycles. The van der Waals surface area contributed by atoms with Crippen molar-refractivity contribution in [1.29, 1.82) is 0 Å². The van der Waals surface area contributed by atoms with Crippen LogP contribution in [0.2, 0.25) is 0 Å². The zero-order chi connectivity index (χ0) is 14.7. The monoisotopic (exact) mass is 315 g/mol. The van der Waals surface area contributed by atoms with E-state index in [-0.39, 0.29) is 5.91 Å². The summed E-state index contributed by atoms with van der Waals surface area (Å²) in [6.45, 7) is 0.601. The summed E-state index contributed by atoms with van der Waals surface area (Å²) in [5.74, 6) is 0.621. The third-order valence-electron chi connectivity index (χ3n) is 3.16. The van der Waals surface area contributed by atoms with E-state index in [1.165, 1.54) is 17.3 Å². The van der Waals surface area contributed by atoms with Gasteiger partial charge in [-0.1, -0.05) is 54.3 Å². The fraction of sp³-hybridized carbons (Fsp3) is 0.125. The number of carbonyl (C=O) groups excluding carboxylic acids is 1. The first kappa shape index (κ1) is 14.1. The average Bonchev–Trinajstić information content (AvgIpc) is 3.09. The Hall–Kier alpha value is -1.85. The molecule has 3 rings (SSSR count). The van der Waals surface area contributed by atoms with Crippen molar-refractivity contribution >= 4 is 40.3 Å². The molecule has 0 radical (unpaired) electrons. The molecule has 1 fully saturated rings. The van der Waals surface area contributed by atoms with E-state index in [0.717, 1.165) is 6.42 Å². The molecule has 21 heavy (non-hydrogen) atoms. The van der Waals surface area contributed by atoms with Crippen LogP contribution in [0.15, 0.2) is 58.1 Å². The molecule has 0 saturated carbocycles. The highest BCUT2D eigenvalue weighted by atomic mass is 32.2. The molecule has 1 aliphatic heterocycles. The third kappa shape index (κ3) is 3.25. The van der Waals surface area contributed by atoms with Crippen LogP contribution < -0.4 is 0 Å². The van der Waals surface area contributed by atoms with Gasteiger partial charge in [-0.05, 0) is 24.1 Å². The van der Waals surface area contributed by atoms with Crippen LogP contribution in [-0.2, 0) is 11.2 Å². The minimum Gasteiger partial charge on any atom is -0.465 e. The van der Waals surface area contributed by atoms with Gasteiger partial charge in [0.15, 0.2) is 0 Å². The van der Waals surface area contributed by atoms with Crippen molar-refractivity contribution < 1.29 is 9.21 Å². The smallest absolute Gasteiger partial charge is 0.266 e. The highest BCUT2D eigenvalue weighted by molar-refractivity contribution is 8.26. The van der Waals surface area contributed by atoms with Crippen LogP contribution in [0.3, 0.4) is 0 Å². The lowest BCUT2D eigenvalue weighted by Gasteiger charge is -2.14. The van der Waals surface area contributed by atoms with Crippen LogP contribution in [0.25, 0.3) is 6.08 Å². The number of amides is 1. The summed E-state index contributed by atoms with van der Waals surface area (Å²) in [7, 11) is 0. The Morgan fingerprint density at radius 2 is 2.00 bits per heavy atom. The molecule has 2 heterocycles. The van der Waals surface area contributed by atoms with Gasteiger partial charge in [0, 0.05) is 12.6 Å². The van der Waals surface area contributed by atoms with Crippen molar-refractivity contribution in [3.8, 4) is 0 Å². The number of hydrogen-bond acceptors (Lipinski definition) is 4. The summed E-state index contributed by atoms with van der Waals surface area (Å²) in [4.78, 5) is 14.6. The Bertz CT molecular complexity index is 678. The zero-order valence-electron chi connectivity index (χ0n) is 11.2. The van der Waals surface area contributed by atoms with Crippen LogP contribution in [0, 0.1) is 0 Å². The summed E-state index contributed by atoms with van der Waals surface area (Å²) in [5, 5.41) is 0. The average molecular weight is 315 g/mol. The topological polar surface area (TPSA) is 33.5 Å². The second kappa shape index (κ2) is 6.28. The van der Waals surface area contributed by atoms with E-state index in [4.69, 9.17) is 16.6 Å². The molecule has 1 saturated heterocycles. The Balaban J connectivity index is 1.69. The van der Waals surface area contributed by atoms with E-state index in [9.17, 15) is 4.79 Å². The normalized spacial score (nSPS) is 17.0. The van der Waals surface area contributed by atoms with Gasteiger partial charge in [-0.25, -0.2) is 0 Å². The minimum atomic E-state index is -0.0441. The van der Waals surface area contributed by atoms with Crippen LogP contribution in [0.4, 0.5) is 0 Å². The number of furan rings is 1. The molecule has 2 aromatic rings. The number of carbonyl (C=O) groups is 1.